The molecule has 0 bridgehead atoms. The van der Waals surface area contributed by atoms with Crippen LogP contribution in [0.4, 0.5) is 0 Å². The number of rotatable bonds is 6. The van der Waals surface area contributed by atoms with Crippen molar-refractivity contribution in [3.8, 4) is 89.0 Å². The van der Waals surface area contributed by atoms with Crippen LogP contribution in [-0.2, 0) is 0 Å². The molecular formula is C62H38S. The third-order valence-corrected chi connectivity index (χ3v) is 14.4. The van der Waals surface area contributed by atoms with Gasteiger partial charge in [-0.05, 0) is 123 Å². The SMILES string of the molecule is c1ccc(-c2cc(-c3ccc4c5c(cccc35)-c3c-4c(-c4ccccc4)c4c(-c5ccccc5)ccc(-c5ccccc5)c4c3-c3ccccc3)c3sc4ccccc4c3c2)cc1. The van der Waals surface area contributed by atoms with Crippen LogP contribution < -0.4 is 0 Å². The molecule has 1 heteroatoms. The zero-order chi connectivity index (χ0) is 41.4. The first-order valence-corrected chi connectivity index (χ1v) is 22.6. The van der Waals surface area contributed by atoms with Crippen molar-refractivity contribution in [2.75, 3.05) is 0 Å². The van der Waals surface area contributed by atoms with Crippen LogP contribution in [0.3, 0.4) is 0 Å². The van der Waals surface area contributed by atoms with Crippen molar-refractivity contribution < 1.29 is 0 Å². The molecular weight excluding hydrogens is 777 g/mol. The molecule has 0 atom stereocenters. The summed E-state index contributed by atoms with van der Waals surface area (Å²) in [7, 11) is 0. The van der Waals surface area contributed by atoms with Crippen molar-refractivity contribution in [2.24, 2.45) is 0 Å². The van der Waals surface area contributed by atoms with Gasteiger partial charge in [0.2, 0.25) is 0 Å². The van der Waals surface area contributed by atoms with Gasteiger partial charge in [0.05, 0.1) is 0 Å². The van der Waals surface area contributed by atoms with Crippen molar-refractivity contribution >= 4 is 53.1 Å². The second-order valence-electron chi connectivity index (χ2n) is 16.6. The average molecular weight is 815 g/mol. The van der Waals surface area contributed by atoms with Crippen LogP contribution in [0, 0.1) is 0 Å². The lowest BCUT2D eigenvalue weighted by Crippen LogP contribution is -1.97. The summed E-state index contributed by atoms with van der Waals surface area (Å²) in [6, 6.07) is 85.5. The van der Waals surface area contributed by atoms with E-state index in [-0.39, 0.29) is 0 Å². The van der Waals surface area contributed by atoms with Crippen LogP contribution in [0.15, 0.2) is 231 Å². The standard InChI is InChI=1S/C62H38S/c1-6-19-39(20-7-1)44-37-52(62-53(38-44)48-29-16-17-32-54(48)63-62)47-35-36-51-57-49(47)30-18-31-50(57)60-55(42-25-12-4-13-26-42)58-45(40-21-8-2-9-22-40)33-34-46(41-23-10-3-11-24-41)59(58)56(61(51)60)43-27-14-5-15-28-43/h1-38H. The minimum absolute atomic E-state index is 1.21. The molecule has 0 nitrogen and oxygen atoms in total. The fourth-order valence-corrected chi connectivity index (χ4v) is 11.8. The Morgan fingerprint density at radius 3 is 1.24 bits per heavy atom. The Labute approximate surface area is 370 Å². The molecule has 0 aliphatic heterocycles. The third-order valence-electron chi connectivity index (χ3n) is 13.2. The highest BCUT2D eigenvalue weighted by Gasteiger charge is 2.33. The van der Waals surface area contributed by atoms with E-state index >= 15 is 0 Å². The number of hydrogen-bond donors (Lipinski definition) is 0. The summed E-state index contributed by atoms with van der Waals surface area (Å²) in [4.78, 5) is 0. The summed E-state index contributed by atoms with van der Waals surface area (Å²) in [5.41, 5.74) is 20.1. The molecule has 1 aliphatic carbocycles. The van der Waals surface area contributed by atoms with Gasteiger partial charge in [0.15, 0.2) is 0 Å². The van der Waals surface area contributed by atoms with Crippen molar-refractivity contribution in [3.63, 3.8) is 0 Å². The molecule has 63 heavy (non-hydrogen) atoms. The molecule has 12 aromatic rings. The van der Waals surface area contributed by atoms with Gasteiger partial charge in [0.25, 0.3) is 0 Å². The monoisotopic (exact) mass is 814 g/mol. The normalized spacial score (nSPS) is 11.8. The van der Waals surface area contributed by atoms with E-state index in [1.807, 2.05) is 11.3 Å². The van der Waals surface area contributed by atoms with Gasteiger partial charge in [0.1, 0.15) is 0 Å². The summed E-state index contributed by atoms with van der Waals surface area (Å²) in [5.74, 6) is 0. The van der Waals surface area contributed by atoms with E-state index in [4.69, 9.17) is 0 Å². The van der Waals surface area contributed by atoms with Crippen molar-refractivity contribution in [1.82, 2.24) is 0 Å². The van der Waals surface area contributed by atoms with Gasteiger partial charge in [-0.15, -0.1) is 11.3 Å². The Bertz CT molecular complexity index is 3600. The zero-order valence-electron chi connectivity index (χ0n) is 34.3. The lowest BCUT2D eigenvalue weighted by Gasteiger charge is -2.25. The molecule has 13 rings (SSSR count). The van der Waals surface area contributed by atoms with Crippen LogP contribution >= 0.6 is 11.3 Å². The number of thiophene rings is 1. The van der Waals surface area contributed by atoms with Crippen LogP contribution in [0.25, 0.3) is 131 Å². The lowest BCUT2D eigenvalue weighted by molar-refractivity contribution is 1.59. The topological polar surface area (TPSA) is 0 Å². The highest BCUT2D eigenvalue weighted by atomic mass is 32.1. The summed E-state index contributed by atoms with van der Waals surface area (Å²) in [6.07, 6.45) is 0. The van der Waals surface area contributed by atoms with E-state index in [0.717, 1.165) is 0 Å². The molecule has 1 heterocycles. The van der Waals surface area contributed by atoms with Gasteiger partial charge >= 0.3 is 0 Å². The second-order valence-corrected chi connectivity index (χ2v) is 17.7. The van der Waals surface area contributed by atoms with Gasteiger partial charge in [-0.3, -0.25) is 0 Å². The third kappa shape index (κ3) is 5.54. The average Bonchev–Trinajstić information content (AvgIpc) is 3.91. The maximum Gasteiger partial charge on any atom is 0.0434 e. The molecule has 0 fully saturated rings. The van der Waals surface area contributed by atoms with Crippen LogP contribution in [0.2, 0.25) is 0 Å². The highest BCUT2D eigenvalue weighted by molar-refractivity contribution is 7.26. The summed E-state index contributed by atoms with van der Waals surface area (Å²) in [5, 5.41) is 7.77. The zero-order valence-corrected chi connectivity index (χ0v) is 35.2. The Morgan fingerprint density at radius 1 is 0.222 bits per heavy atom. The Hall–Kier alpha value is -7.84. The maximum absolute atomic E-state index is 2.44. The minimum atomic E-state index is 1.21. The van der Waals surface area contributed by atoms with Crippen LogP contribution in [0.5, 0.6) is 0 Å². The molecule has 0 N–H and O–H groups in total. The minimum Gasteiger partial charge on any atom is -0.135 e. The first-order chi connectivity index (χ1) is 31.3. The Balaban J connectivity index is 1.21. The van der Waals surface area contributed by atoms with E-state index < -0.39 is 0 Å². The molecule has 0 amide bonds. The molecule has 0 spiro atoms. The molecule has 0 saturated heterocycles. The molecule has 0 saturated carbocycles. The fraction of sp³-hybridized carbons (Fsp3) is 0. The van der Waals surface area contributed by atoms with Gasteiger partial charge in [-0.2, -0.15) is 0 Å². The second kappa shape index (κ2) is 14.4. The molecule has 1 aliphatic rings. The molecule has 0 unspecified atom stereocenters. The number of fused-ring (bicyclic) bond motifs is 7. The predicted molar refractivity (Wildman–Crippen MR) is 271 cm³/mol. The van der Waals surface area contributed by atoms with E-state index in [9.17, 15) is 0 Å². The van der Waals surface area contributed by atoms with Crippen molar-refractivity contribution in [1.29, 1.82) is 0 Å². The molecule has 0 radical (unpaired) electrons. The van der Waals surface area contributed by atoms with Gasteiger partial charge in [0, 0.05) is 25.7 Å². The Morgan fingerprint density at radius 2 is 0.667 bits per heavy atom. The smallest absolute Gasteiger partial charge is 0.0434 e. The van der Waals surface area contributed by atoms with Crippen LogP contribution in [-0.4, -0.2) is 0 Å². The predicted octanol–water partition coefficient (Wildman–Crippen LogP) is 18.0. The summed E-state index contributed by atoms with van der Waals surface area (Å²) < 4.78 is 2.64. The summed E-state index contributed by atoms with van der Waals surface area (Å²) >= 11 is 1.91. The molecule has 292 valence electrons. The molecule has 1 aromatic heterocycles. The van der Waals surface area contributed by atoms with E-state index in [0.29, 0.717) is 0 Å². The van der Waals surface area contributed by atoms with Crippen molar-refractivity contribution in [3.05, 3.63) is 231 Å². The summed E-state index contributed by atoms with van der Waals surface area (Å²) in [6.45, 7) is 0. The molecule has 11 aromatic carbocycles. The Kier molecular flexibility index (Phi) is 8.19. The first kappa shape index (κ1) is 35.9. The fourth-order valence-electron chi connectivity index (χ4n) is 10.5. The van der Waals surface area contributed by atoms with Gasteiger partial charge < -0.3 is 0 Å². The van der Waals surface area contributed by atoms with Crippen molar-refractivity contribution in [2.45, 2.75) is 0 Å². The van der Waals surface area contributed by atoms with Gasteiger partial charge in [-0.1, -0.05) is 212 Å². The van der Waals surface area contributed by atoms with E-state index in [1.165, 1.54) is 131 Å². The maximum atomic E-state index is 2.44. The largest absolute Gasteiger partial charge is 0.135 e. The van der Waals surface area contributed by atoms with E-state index in [1.54, 1.807) is 0 Å². The lowest BCUT2D eigenvalue weighted by atomic mass is 9.78. The first-order valence-electron chi connectivity index (χ1n) is 21.8. The quantitative estimate of drug-likeness (QED) is 0.157. The van der Waals surface area contributed by atoms with Crippen LogP contribution in [0.1, 0.15) is 0 Å². The van der Waals surface area contributed by atoms with E-state index in [2.05, 4.69) is 231 Å². The highest BCUT2D eigenvalue weighted by Crippen LogP contribution is 2.61. The van der Waals surface area contributed by atoms with Gasteiger partial charge in [-0.25, -0.2) is 0 Å². The number of benzene rings is 11. The number of hydrogen-bond acceptors (Lipinski definition) is 1.